The molecule has 0 aromatic heterocycles. The molecular weight excluding hydrogens is 817 g/mol. The quantitative estimate of drug-likeness (QED) is 0.113. The van der Waals surface area contributed by atoms with Gasteiger partial charge in [-0.1, -0.05) is 0 Å². The monoisotopic (exact) mass is 820 g/mol. The molecule has 0 rings (SSSR count). The Morgan fingerprint density at radius 3 is 0.542 bits per heavy atom. The van der Waals surface area contributed by atoms with Gasteiger partial charge in [0, 0.05) is 0 Å². The molecular formula is C14H3F30O3P. The standard InChI is InChI=1S/C14HF30O2P.H2O/c15-1(16,3(19,20)7(27,28)11(35,36)37)5(23,24)9(31,32)13(41,42)47(45,46)14(43,44)10(33,34)6(25,26)2(17,18)4(21,22)8(29,30)12(38,39)40;/h(H,45,46);1H2. The molecule has 0 spiro atoms. The lowest BCUT2D eigenvalue weighted by molar-refractivity contribution is -0.453. The summed E-state index contributed by atoms with van der Waals surface area (Å²) in [6.45, 7) is 0. The smallest absolute Gasteiger partial charge is 0.460 e. The fourth-order valence-corrected chi connectivity index (χ4v) is 3.84. The van der Waals surface area contributed by atoms with E-state index in [4.69, 9.17) is 0 Å². The van der Waals surface area contributed by atoms with E-state index in [-0.39, 0.29) is 5.48 Å². The summed E-state index contributed by atoms with van der Waals surface area (Å²) in [5, 5.41) is 0. The number of alkyl halides is 30. The Morgan fingerprint density at radius 1 is 0.271 bits per heavy atom. The van der Waals surface area contributed by atoms with E-state index < -0.39 is 90.3 Å². The van der Waals surface area contributed by atoms with Gasteiger partial charge in [0.15, 0.2) is 7.37 Å². The van der Waals surface area contributed by atoms with E-state index in [2.05, 4.69) is 0 Å². The van der Waals surface area contributed by atoms with Crippen LogP contribution in [0.4, 0.5) is 132 Å². The summed E-state index contributed by atoms with van der Waals surface area (Å²) in [6, 6.07) is 0. The minimum atomic E-state index is -11.3. The summed E-state index contributed by atoms with van der Waals surface area (Å²) < 4.78 is 403. The molecule has 0 radical (unpaired) electrons. The largest absolute Gasteiger partial charge is 0.791 e. The molecule has 292 valence electrons. The average Bonchev–Trinajstić information content (AvgIpc) is 2.80. The summed E-state index contributed by atoms with van der Waals surface area (Å²) in [4.78, 5) is 11.1. The van der Waals surface area contributed by atoms with Crippen molar-refractivity contribution in [2.45, 2.75) is 82.9 Å². The highest BCUT2D eigenvalue weighted by Gasteiger charge is 2.98. The van der Waals surface area contributed by atoms with Gasteiger partial charge in [0.2, 0.25) is 0 Å². The van der Waals surface area contributed by atoms with Crippen molar-refractivity contribution in [3.05, 3.63) is 0 Å². The SMILES string of the molecule is O=P([O-])(C(F)(F)C(F)(F)C(F)(F)C(F)(F)C(F)(F)C(F)(F)C(F)(F)F)C(F)(F)C(F)(F)C(F)(F)C(F)(F)C(F)(F)C(F)(F)C(F)(F)F.[OH3+]. The minimum Gasteiger partial charge on any atom is -0.791 e. The lowest BCUT2D eigenvalue weighted by Crippen LogP contribution is -2.75. The van der Waals surface area contributed by atoms with Crippen molar-refractivity contribution in [2.75, 3.05) is 0 Å². The molecule has 48 heavy (non-hydrogen) atoms. The summed E-state index contributed by atoms with van der Waals surface area (Å²) in [6.07, 6.45) is -16.6. The second kappa shape index (κ2) is 11.3. The predicted octanol–water partition coefficient (Wildman–Crippen LogP) is 8.37. The first kappa shape index (κ1) is 48.2. The van der Waals surface area contributed by atoms with Crippen LogP contribution in [0.15, 0.2) is 0 Å². The highest BCUT2D eigenvalue weighted by atomic mass is 31.2. The highest BCUT2D eigenvalue weighted by molar-refractivity contribution is 7.59. The highest BCUT2D eigenvalue weighted by Crippen LogP contribution is 2.77. The van der Waals surface area contributed by atoms with Gasteiger partial charge in [-0.2, -0.15) is 132 Å². The number of halogens is 30. The second-order valence-corrected chi connectivity index (χ2v) is 10.6. The minimum absolute atomic E-state index is 0. The van der Waals surface area contributed by atoms with Gasteiger partial charge < -0.3 is 14.9 Å². The maximum atomic E-state index is 13.8. The van der Waals surface area contributed by atoms with E-state index in [1.165, 1.54) is 0 Å². The van der Waals surface area contributed by atoms with Gasteiger partial charge in [0.1, 0.15) is 0 Å². The summed E-state index contributed by atoms with van der Waals surface area (Å²) >= 11 is 0. The van der Waals surface area contributed by atoms with Gasteiger partial charge in [0.25, 0.3) is 0 Å². The number of hydrogen-bond acceptors (Lipinski definition) is 2. The van der Waals surface area contributed by atoms with Crippen LogP contribution < -0.4 is 4.89 Å². The summed E-state index contributed by atoms with van der Waals surface area (Å²) in [7, 11) is -11.3. The van der Waals surface area contributed by atoms with Crippen LogP contribution in [0.2, 0.25) is 0 Å². The second-order valence-electron chi connectivity index (χ2n) is 8.37. The van der Waals surface area contributed by atoms with Crippen LogP contribution in [0.3, 0.4) is 0 Å². The molecule has 0 bridgehead atoms. The van der Waals surface area contributed by atoms with Gasteiger partial charge in [-0.3, -0.25) is 0 Å². The zero-order valence-electron chi connectivity index (χ0n) is 20.2. The molecule has 0 aliphatic heterocycles. The van der Waals surface area contributed by atoms with Gasteiger partial charge in [0.05, 0.1) is 0 Å². The number of rotatable bonds is 12. The first-order valence-corrected chi connectivity index (χ1v) is 11.1. The van der Waals surface area contributed by atoms with Gasteiger partial charge in [-0.05, 0) is 0 Å². The molecule has 0 heterocycles. The molecule has 0 aliphatic carbocycles. The molecule has 0 atom stereocenters. The molecule has 0 amide bonds. The maximum Gasteiger partial charge on any atom is 0.460 e. The first-order chi connectivity index (χ1) is 19.5. The fourth-order valence-electron chi connectivity index (χ4n) is 2.46. The lowest BCUT2D eigenvalue weighted by atomic mass is 9.94. The van der Waals surface area contributed by atoms with Crippen LogP contribution >= 0.6 is 7.37 Å². The molecule has 0 aromatic rings. The fraction of sp³-hybridized carbons (Fsp3) is 1.00. The van der Waals surface area contributed by atoms with Crippen LogP contribution in [-0.2, 0) is 10.0 Å². The van der Waals surface area contributed by atoms with Crippen LogP contribution in [0.25, 0.3) is 0 Å². The van der Waals surface area contributed by atoms with Crippen LogP contribution in [0, 0.1) is 0 Å². The predicted molar refractivity (Wildman–Crippen MR) is 84.0 cm³/mol. The molecule has 3 nitrogen and oxygen atoms in total. The van der Waals surface area contributed by atoms with Gasteiger partial charge >= 0.3 is 82.9 Å². The third kappa shape index (κ3) is 5.31. The van der Waals surface area contributed by atoms with E-state index >= 15 is 0 Å². The summed E-state index contributed by atoms with van der Waals surface area (Å²) in [5.41, 5.74) is -19.5. The molecule has 0 unspecified atom stereocenters. The van der Waals surface area contributed by atoms with Crippen LogP contribution in [0.5, 0.6) is 0 Å². The van der Waals surface area contributed by atoms with Crippen LogP contribution in [-0.4, -0.2) is 82.9 Å². The Kier molecular flexibility index (Phi) is 11.3. The Balaban J connectivity index is 0. The van der Waals surface area contributed by atoms with Crippen molar-refractivity contribution in [3.8, 4) is 0 Å². The Bertz CT molecular complexity index is 1130. The molecule has 0 saturated carbocycles. The molecule has 0 fully saturated rings. The Hall–Kier alpha value is -1.95. The topological polar surface area (TPSA) is 73.1 Å². The van der Waals surface area contributed by atoms with E-state index in [0.29, 0.717) is 0 Å². The van der Waals surface area contributed by atoms with Crippen molar-refractivity contribution in [2.24, 2.45) is 0 Å². The van der Waals surface area contributed by atoms with Crippen LogP contribution in [0.1, 0.15) is 0 Å². The third-order valence-corrected chi connectivity index (χ3v) is 7.40. The normalized spacial score (nSPS) is 17.0. The van der Waals surface area contributed by atoms with E-state index in [1.807, 2.05) is 0 Å². The Morgan fingerprint density at radius 2 is 0.396 bits per heavy atom. The molecule has 0 aromatic carbocycles. The average molecular weight is 820 g/mol. The van der Waals surface area contributed by atoms with Crippen molar-refractivity contribution >= 4 is 7.37 Å². The van der Waals surface area contributed by atoms with Gasteiger partial charge in [-0.25, -0.2) is 0 Å². The maximum absolute atomic E-state index is 13.8. The molecule has 34 heteroatoms. The van der Waals surface area contributed by atoms with E-state index in [1.54, 1.807) is 0 Å². The molecule has 0 saturated heterocycles. The Labute approximate surface area is 238 Å². The number of hydrogen-bond donors (Lipinski definition) is 0. The molecule has 3 N–H and O–H groups in total. The van der Waals surface area contributed by atoms with E-state index in [0.717, 1.165) is 0 Å². The molecule has 0 aliphatic rings. The zero-order chi connectivity index (χ0) is 39.5. The van der Waals surface area contributed by atoms with Crippen molar-refractivity contribution in [1.82, 2.24) is 0 Å². The van der Waals surface area contributed by atoms with Crippen molar-refractivity contribution in [3.63, 3.8) is 0 Å². The summed E-state index contributed by atoms with van der Waals surface area (Å²) in [5.74, 6) is -94.6. The first-order valence-electron chi connectivity index (χ1n) is 9.48. The third-order valence-electron chi connectivity index (χ3n) is 5.36. The zero-order valence-corrected chi connectivity index (χ0v) is 21.1. The van der Waals surface area contributed by atoms with Crippen molar-refractivity contribution < 1.29 is 147 Å². The lowest BCUT2D eigenvalue weighted by Gasteiger charge is -2.48. The van der Waals surface area contributed by atoms with Crippen molar-refractivity contribution in [1.29, 1.82) is 0 Å². The van der Waals surface area contributed by atoms with Gasteiger partial charge in [-0.15, -0.1) is 0 Å². The van der Waals surface area contributed by atoms with E-state index in [9.17, 15) is 141 Å².